The molecular formula is C19H29N6O2+. The van der Waals surface area contributed by atoms with Gasteiger partial charge in [-0.25, -0.2) is 9.97 Å². The van der Waals surface area contributed by atoms with Gasteiger partial charge in [-0.05, 0) is 51.0 Å². The largest absolute Gasteiger partial charge is 0.360 e. The van der Waals surface area contributed by atoms with E-state index in [1.54, 1.807) is 11.3 Å². The summed E-state index contributed by atoms with van der Waals surface area (Å²) in [4.78, 5) is 32.1. The molecule has 3 atom stereocenters. The summed E-state index contributed by atoms with van der Waals surface area (Å²) >= 11 is 0. The molecule has 4 rings (SSSR count). The van der Waals surface area contributed by atoms with Crippen LogP contribution in [0.15, 0.2) is 18.6 Å². The van der Waals surface area contributed by atoms with Crippen molar-refractivity contribution in [3.63, 3.8) is 0 Å². The first-order chi connectivity index (χ1) is 12.7. The Morgan fingerprint density at radius 2 is 2.19 bits per heavy atom. The Morgan fingerprint density at radius 3 is 2.89 bits per heavy atom. The first-order valence-corrected chi connectivity index (χ1v) is 9.58. The van der Waals surface area contributed by atoms with Gasteiger partial charge in [-0.2, -0.15) is 4.84 Å². The lowest BCUT2D eigenvalue weighted by Gasteiger charge is -2.28. The molecule has 2 aliphatic rings. The zero-order valence-corrected chi connectivity index (χ0v) is 16.8. The van der Waals surface area contributed by atoms with Gasteiger partial charge in [0.2, 0.25) is 0 Å². The molecule has 0 amide bonds. The van der Waals surface area contributed by atoms with Crippen LogP contribution in [0.1, 0.15) is 40.5 Å². The second-order valence-corrected chi connectivity index (χ2v) is 9.28. The summed E-state index contributed by atoms with van der Waals surface area (Å²) in [6.07, 6.45) is 5.59. The van der Waals surface area contributed by atoms with Gasteiger partial charge in [0.1, 0.15) is 22.7 Å². The van der Waals surface area contributed by atoms with Crippen molar-refractivity contribution in [1.29, 1.82) is 0 Å². The van der Waals surface area contributed by atoms with Gasteiger partial charge in [-0.1, -0.05) is 11.9 Å². The number of nitrogens with zero attached hydrogens (tertiary/aromatic N) is 5. The number of hydrogen-bond donors (Lipinski definition) is 1. The molecule has 2 aromatic heterocycles. The molecule has 27 heavy (non-hydrogen) atoms. The first kappa shape index (κ1) is 18.0. The molecule has 2 fully saturated rings. The van der Waals surface area contributed by atoms with E-state index in [0.717, 1.165) is 42.8 Å². The number of anilines is 1. The molecule has 1 aliphatic heterocycles. The molecule has 8 heteroatoms. The predicted molar refractivity (Wildman–Crippen MR) is 103 cm³/mol. The van der Waals surface area contributed by atoms with E-state index in [-0.39, 0.29) is 5.41 Å². The van der Waals surface area contributed by atoms with Crippen molar-refractivity contribution in [2.45, 2.75) is 52.2 Å². The number of H-pyrrole nitrogens is 1. The Morgan fingerprint density at radius 1 is 1.41 bits per heavy atom. The zero-order chi connectivity index (χ0) is 19.4. The highest BCUT2D eigenvalue weighted by atomic mass is 16.8. The van der Waals surface area contributed by atoms with Gasteiger partial charge in [-0.15, -0.1) is 0 Å². The van der Waals surface area contributed by atoms with Crippen LogP contribution in [0.3, 0.4) is 0 Å². The third-order valence-electron chi connectivity index (χ3n) is 6.02. The third kappa shape index (κ3) is 3.21. The molecule has 1 saturated carbocycles. The highest BCUT2D eigenvalue weighted by molar-refractivity contribution is 5.87. The number of hydrazine groups is 1. The van der Waals surface area contributed by atoms with Crippen LogP contribution in [0.4, 0.5) is 5.82 Å². The summed E-state index contributed by atoms with van der Waals surface area (Å²) in [7, 11) is 2.12. The van der Waals surface area contributed by atoms with Crippen LogP contribution in [-0.4, -0.2) is 56.8 Å². The number of fused-ring (bicyclic) bond motifs is 2. The van der Waals surface area contributed by atoms with E-state index in [1.165, 1.54) is 0 Å². The Balaban J connectivity index is 1.47. The Bertz CT molecular complexity index is 859. The number of aromatic nitrogens is 3. The maximum absolute atomic E-state index is 12.4. The quantitative estimate of drug-likeness (QED) is 0.831. The van der Waals surface area contributed by atoms with E-state index in [2.05, 4.69) is 33.8 Å². The lowest BCUT2D eigenvalue weighted by molar-refractivity contribution is -0.922. The van der Waals surface area contributed by atoms with Crippen molar-refractivity contribution in [3.8, 4) is 0 Å². The summed E-state index contributed by atoms with van der Waals surface area (Å²) in [5, 5.41) is 3.56. The average molecular weight is 373 g/mol. The average Bonchev–Trinajstić information content (AvgIpc) is 3.23. The van der Waals surface area contributed by atoms with E-state index >= 15 is 0 Å². The van der Waals surface area contributed by atoms with E-state index in [0.29, 0.717) is 17.0 Å². The highest BCUT2D eigenvalue weighted by Crippen LogP contribution is 2.50. The smallest absolute Gasteiger partial charge is 0.356 e. The molecule has 0 spiro atoms. The van der Waals surface area contributed by atoms with Crippen LogP contribution in [0.5, 0.6) is 0 Å². The Hall–Kier alpha value is -2.38. The molecule has 1 aliphatic carbocycles. The number of hydrogen-bond acceptors (Lipinski definition) is 5. The Labute approximate surface area is 159 Å². The van der Waals surface area contributed by atoms with Crippen molar-refractivity contribution in [3.05, 3.63) is 23.5 Å². The van der Waals surface area contributed by atoms with Crippen molar-refractivity contribution in [2.24, 2.45) is 11.3 Å². The van der Waals surface area contributed by atoms with Gasteiger partial charge in [0.05, 0.1) is 18.5 Å². The summed E-state index contributed by atoms with van der Waals surface area (Å²) < 4.78 is 0. The topological polar surface area (TPSA) is 77.4 Å². The maximum atomic E-state index is 12.4. The fraction of sp³-hybridized carbons (Fsp3) is 0.684. The summed E-state index contributed by atoms with van der Waals surface area (Å²) in [5.74, 6) is 1.43. The van der Waals surface area contributed by atoms with E-state index in [4.69, 9.17) is 4.84 Å². The zero-order valence-electron chi connectivity index (χ0n) is 16.8. The van der Waals surface area contributed by atoms with Crippen LogP contribution in [0.2, 0.25) is 0 Å². The normalized spacial score (nSPS) is 27.8. The SMILES string of the molecule is CN(c1ncnc2[nH]ccc12)[C@@H]1C[C@@H]2CN([N+](=O)OC(C)(C)C)C[C@]2(C)C1. The summed E-state index contributed by atoms with van der Waals surface area (Å²) in [6, 6.07) is 2.43. The molecule has 0 aromatic carbocycles. The van der Waals surface area contributed by atoms with Gasteiger partial charge in [0.15, 0.2) is 5.60 Å². The Kier molecular flexibility index (Phi) is 4.05. The molecule has 1 saturated heterocycles. The molecule has 3 heterocycles. The van der Waals surface area contributed by atoms with Crippen molar-refractivity contribution in [2.75, 3.05) is 25.0 Å². The van der Waals surface area contributed by atoms with Crippen LogP contribution >= 0.6 is 0 Å². The lowest BCUT2D eigenvalue weighted by Crippen LogP contribution is -2.40. The van der Waals surface area contributed by atoms with E-state index in [9.17, 15) is 4.91 Å². The van der Waals surface area contributed by atoms with Crippen LogP contribution in [0, 0.1) is 16.2 Å². The van der Waals surface area contributed by atoms with Crippen molar-refractivity contribution >= 4 is 16.9 Å². The predicted octanol–water partition coefficient (Wildman–Crippen LogP) is 2.92. The number of aromatic amines is 1. The number of rotatable bonds is 4. The minimum atomic E-state index is -0.488. The standard InChI is InChI=1S/C19H29N6O2/c1-18(2,3)27-25(26)24-10-13-8-14(9-19(13,4)11-24)23(5)17-15-6-7-20-16(15)21-12-22-17/h6-7,12-14H,8-11H2,1-5H3,(H,20,21,22)/q+1/t13-,14-,19+/m1/s1. The molecule has 146 valence electrons. The fourth-order valence-electron chi connectivity index (χ4n) is 4.65. The van der Waals surface area contributed by atoms with Gasteiger partial charge >= 0.3 is 5.03 Å². The van der Waals surface area contributed by atoms with Crippen LogP contribution in [-0.2, 0) is 4.84 Å². The van der Waals surface area contributed by atoms with Crippen molar-refractivity contribution < 1.29 is 9.87 Å². The minimum Gasteiger partial charge on any atom is -0.356 e. The maximum Gasteiger partial charge on any atom is 0.360 e. The van der Waals surface area contributed by atoms with E-state index < -0.39 is 5.60 Å². The lowest BCUT2D eigenvalue weighted by atomic mass is 9.83. The fourth-order valence-corrected chi connectivity index (χ4v) is 4.65. The molecule has 1 N–H and O–H groups in total. The van der Waals surface area contributed by atoms with Crippen molar-refractivity contribution in [1.82, 2.24) is 20.0 Å². The molecule has 0 bridgehead atoms. The molecule has 8 nitrogen and oxygen atoms in total. The van der Waals surface area contributed by atoms with Crippen LogP contribution < -0.4 is 4.90 Å². The molecular weight excluding hydrogens is 344 g/mol. The third-order valence-corrected chi connectivity index (χ3v) is 6.02. The highest BCUT2D eigenvalue weighted by Gasteiger charge is 2.55. The van der Waals surface area contributed by atoms with Gasteiger partial charge in [0, 0.05) is 19.3 Å². The molecule has 0 radical (unpaired) electrons. The second-order valence-electron chi connectivity index (χ2n) is 9.28. The van der Waals surface area contributed by atoms with Gasteiger partial charge in [-0.3, -0.25) is 0 Å². The number of nitrogens with one attached hydrogen (secondary N) is 1. The van der Waals surface area contributed by atoms with E-state index in [1.807, 2.05) is 33.0 Å². The monoisotopic (exact) mass is 373 g/mol. The summed E-state index contributed by atoms with van der Waals surface area (Å²) in [5.41, 5.74) is 0.481. The molecule has 2 aromatic rings. The first-order valence-electron chi connectivity index (χ1n) is 9.58. The van der Waals surface area contributed by atoms with Gasteiger partial charge < -0.3 is 9.88 Å². The van der Waals surface area contributed by atoms with Gasteiger partial charge in [0.25, 0.3) is 0 Å². The molecule has 0 unspecified atom stereocenters. The summed E-state index contributed by atoms with van der Waals surface area (Å²) in [6.45, 7) is 9.44. The minimum absolute atomic E-state index is 0.104. The second kappa shape index (κ2) is 6.07. The van der Waals surface area contributed by atoms with Crippen LogP contribution in [0.25, 0.3) is 11.0 Å².